The van der Waals surface area contributed by atoms with Gasteiger partial charge in [0.25, 0.3) is 0 Å². The Kier molecular flexibility index (Phi) is 9.10. The number of rotatable bonds is 14. The maximum Gasteiger partial charge on any atom is 0.309 e. The first kappa shape index (κ1) is 22.4. The number of ether oxygens (including phenoxy) is 4. The van der Waals surface area contributed by atoms with Crippen molar-refractivity contribution in [2.24, 2.45) is 0 Å². The van der Waals surface area contributed by atoms with Crippen molar-refractivity contribution in [2.75, 3.05) is 53.6 Å². The van der Waals surface area contributed by atoms with Gasteiger partial charge in [-0.25, -0.2) is 0 Å². The van der Waals surface area contributed by atoms with Gasteiger partial charge in [-0.3, -0.25) is 9.59 Å². The predicted octanol–water partition coefficient (Wildman–Crippen LogP) is 1.74. The molecule has 9 nitrogen and oxygen atoms in total. The van der Waals surface area contributed by atoms with Crippen molar-refractivity contribution in [3.63, 3.8) is 0 Å². The molecule has 9 heteroatoms. The molecule has 0 atom stereocenters. The summed E-state index contributed by atoms with van der Waals surface area (Å²) in [5.74, 6) is 0.650. The predicted molar refractivity (Wildman–Crippen MR) is 106 cm³/mol. The van der Waals surface area contributed by atoms with Gasteiger partial charge in [-0.05, 0) is 24.3 Å². The van der Waals surface area contributed by atoms with Crippen LogP contribution < -0.4 is 9.47 Å². The number of carbonyl (C=O) groups is 2. The van der Waals surface area contributed by atoms with Crippen LogP contribution in [0.1, 0.15) is 12.8 Å². The summed E-state index contributed by atoms with van der Waals surface area (Å²) in [6.07, 6.45) is 3.88. The number of aromatic nitrogens is 2. The van der Waals surface area contributed by atoms with Gasteiger partial charge in [-0.1, -0.05) is 0 Å². The van der Waals surface area contributed by atoms with Crippen molar-refractivity contribution in [2.45, 2.75) is 12.8 Å². The highest BCUT2D eigenvalue weighted by Gasteiger charge is 2.17. The first-order chi connectivity index (χ1) is 13.9. The summed E-state index contributed by atoms with van der Waals surface area (Å²) in [6, 6.07) is 7.21. The van der Waals surface area contributed by atoms with E-state index in [1.165, 1.54) is 0 Å². The zero-order chi connectivity index (χ0) is 21.0. The van der Waals surface area contributed by atoms with E-state index < -0.39 is 0 Å². The molecule has 2 N–H and O–H groups in total. The van der Waals surface area contributed by atoms with E-state index in [0.717, 1.165) is 0 Å². The van der Waals surface area contributed by atoms with E-state index in [2.05, 4.69) is 9.97 Å². The molecule has 0 radical (unpaired) electrons. The number of H-pyrrole nitrogens is 2. The average molecular weight is 408 g/mol. The van der Waals surface area contributed by atoms with Crippen molar-refractivity contribution in [3.05, 3.63) is 36.7 Å². The highest BCUT2D eigenvalue weighted by atomic mass is 16.5. The fourth-order valence-electron chi connectivity index (χ4n) is 2.37. The van der Waals surface area contributed by atoms with Gasteiger partial charge in [0.1, 0.15) is 39.5 Å². The largest absolute Gasteiger partial charge is 0.478 e. The molecule has 0 unspecified atom stereocenters. The third-order valence-electron chi connectivity index (χ3n) is 4.19. The Morgan fingerprint density at radius 2 is 1.24 bits per heavy atom. The van der Waals surface area contributed by atoms with E-state index in [9.17, 15) is 9.59 Å². The molecule has 0 aliphatic carbocycles. The minimum Gasteiger partial charge on any atom is -0.478 e. The van der Waals surface area contributed by atoms with E-state index in [4.69, 9.17) is 18.9 Å². The van der Waals surface area contributed by atoms with Crippen LogP contribution >= 0.6 is 0 Å². The molecule has 29 heavy (non-hydrogen) atoms. The lowest BCUT2D eigenvalue weighted by Gasteiger charge is -2.29. The second-order valence-electron chi connectivity index (χ2n) is 7.09. The minimum atomic E-state index is -0.301. The number of hydrogen-bond donors (Lipinski definition) is 2. The summed E-state index contributed by atoms with van der Waals surface area (Å²) in [4.78, 5) is 29.3. The minimum absolute atomic E-state index is 0.189. The van der Waals surface area contributed by atoms with Crippen molar-refractivity contribution in [3.8, 4) is 11.8 Å². The Morgan fingerprint density at radius 3 is 1.62 bits per heavy atom. The van der Waals surface area contributed by atoms with E-state index >= 15 is 0 Å². The number of hydrogen-bond acceptors (Lipinski definition) is 6. The first-order valence-corrected chi connectivity index (χ1v) is 9.60. The van der Waals surface area contributed by atoms with Gasteiger partial charge >= 0.3 is 11.9 Å². The summed E-state index contributed by atoms with van der Waals surface area (Å²) in [7, 11) is 3.98. The van der Waals surface area contributed by atoms with E-state index in [0.29, 0.717) is 42.5 Å². The lowest BCUT2D eigenvalue weighted by Crippen LogP contribution is -2.45. The van der Waals surface area contributed by atoms with Crippen molar-refractivity contribution >= 4 is 11.9 Å². The molecule has 2 aromatic heterocycles. The fraction of sp³-hybridized carbons (Fsp3) is 0.500. The molecule has 2 aromatic rings. The van der Waals surface area contributed by atoms with Crippen LogP contribution in [0, 0.1) is 0 Å². The molecule has 0 aliphatic heterocycles. The van der Waals surface area contributed by atoms with E-state index in [-0.39, 0.29) is 38.0 Å². The van der Waals surface area contributed by atoms with Crippen LogP contribution in [0.4, 0.5) is 0 Å². The van der Waals surface area contributed by atoms with E-state index in [1.807, 2.05) is 26.2 Å². The smallest absolute Gasteiger partial charge is 0.309 e. The molecule has 0 amide bonds. The van der Waals surface area contributed by atoms with E-state index in [1.54, 1.807) is 24.5 Å². The molecular weight excluding hydrogens is 378 g/mol. The second-order valence-corrected chi connectivity index (χ2v) is 7.09. The Labute approximate surface area is 170 Å². The van der Waals surface area contributed by atoms with Crippen LogP contribution in [0.15, 0.2) is 36.7 Å². The zero-order valence-electron chi connectivity index (χ0n) is 17.0. The van der Waals surface area contributed by atoms with Gasteiger partial charge in [0.15, 0.2) is 11.8 Å². The molecular formula is C20H30N3O6+. The zero-order valence-corrected chi connectivity index (χ0v) is 17.0. The van der Waals surface area contributed by atoms with Crippen LogP contribution in [0.25, 0.3) is 0 Å². The summed E-state index contributed by atoms with van der Waals surface area (Å²) >= 11 is 0. The maximum atomic E-state index is 11.7. The number of nitrogens with one attached hydrogen (secondary N) is 2. The van der Waals surface area contributed by atoms with Crippen molar-refractivity contribution in [1.29, 1.82) is 0 Å². The lowest BCUT2D eigenvalue weighted by atomic mass is 10.4. The van der Waals surface area contributed by atoms with Crippen LogP contribution in [-0.4, -0.2) is 80.0 Å². The number of carbonyl (C=O) groups excluding carboxylic acids is 2. The van der Waals surface area contributed by atoms with Gasteiger partial charge in [-0.15, -0.1) is 0 Å². The van der Waals surface area contributed by atoms with Gasteiger partial charge < -0.3 is 33.4 Å². The summed E-state index contributed by atoms with van der Waals surface area (Å²) in [5, 5.41) is 0. The van der Waals surface area contributed by atoms with Gasteiger partial charge in [0.2, 0.25) is 0 Å². The molecule has 160 valence electrons. The molecule has 0 bridgehead atoms. The topological polar surface area (TPSA) is 103 Å². The van der Waals surface area contributed by atoms with Crippen molar-refractivity contribution in [1.82, 2.24) is 9.97 Å². The third-order valence-corrected chi connectivity index (χ3v) is 4.19. The normalized spacial score (nSPS) is 11.1. The Bertz CT molecular complexity index is 652. The monoisotopic (exact) mass is 408 g/mol. The van der Waals surface area contributed by atoms with Crippen LogP contribution in [-0.2, 0) is 19.1 Å². The van der Waals surface area contributed by atoms with Crippen LogP contribution in [0.2, 0.25) is 0 Å². The quantitative estimate of drug-likeness (QED) is 0.365. The SMILES string of the molecule is C[N+](C)(CCOC(=O)CCOc1ccc[nH]1)CCOC(=O)CCOc1ccc[nH]1. The number of quaternary nitrogens is 1. The Morgan fingerprint density at radius 1 is 0.793 bits per heavy atom. The fourth-order valence-corrected chi connectivity index (χ4v) is 2.37. The van der Waals surface area contributed by atoms with Gasteiger partial charge in [0.05, 0.1) is 26.9 Å². The highest BCUT2D eigenvalue weighted by Crippen LogP contribution is 2.06. The number of likely N-dealkylation sites (N-methyl/N-ethyl adjacent to an activating group) is 1. The summed E-state index contributed by atoms with van der Waals surface area (Å²) in [6.45, 7) is 2.37. The average Bonchev–Trinajstić information content (AvgIpc) is 3.35. The van der Waals surface area contributed by atoms with Gasteiger partial charge in [-0.2, -0.15) is 0 Å². The molecule has 0 spiro atoms. The number of esters is 2. The Balaban J connectivity index is 1.48. The molecule has 0 fully saturated rings. The second kappa shape index (κ2) is 11.8. The summed E-state index contributed by atoms with van der Waals surface area (Å²) < 4.78 is 21.8. The molecule has 0 aromatic carbocycles. The lowest BCUT2D eigenvalue weighted by molar-refractivity contribution is -0.890. The number of nitrogens with zero attached hydrogens (tertiary/aromatic N) is 1. The van der Waals surface area contributed by atoms with Crippen LogP contribution in [0.3, 0.4) is 0 Å². The third kappa shape index (κ3) is 9.70. The van der Waals surface area contributed by atoms with Crippen molar-refractivity contribution < 1.29 is 33.0 Å². The molecule has 2 rings (SSSR count). The molecule has 0 saturated carbocycles. The van der Waals surface area contributed by atoms with Gasteiger partial charge in [0, 0.05) is 12.4 Å². The standard InChI is InChI=1S/C20H30N3O6/c1-23(2,11-15-28-19(24)7-13-26-17-5-3-9-21-17)12-16-29-20(25)8-14-27-18-6-4-10-22-18/h3-6,9-10,21-22H,7-8,11-16H2,1-2H3/q+1. The molecule has 0 aliphatic rings. The summed E-state index contributed by atoms with van der Waals surface area (Å²) in [5.41, 5.74) is 0. The molecule has 0 saturated heterocycles. The Hall–Kier alpha value is -2.94. The number of aromatic amines is 2. The highest BCUT2D eigenvalue weighted by molar-refractivity contribution is 5.69. The van der Waals surface area contributed by atoms with Crippen LogP contribution in [0.5, 0.6) is 11.8 Å². The maximum absolute atomic E-state index is 11.7. The first-order valence-electron chi connectivity index (χ1n) is 9.60. The molecule has 2 heterocycles.